The van der Waals surface area contributed by atoms with E-state index < -0.39 is 0 Å². The first-order valence-corrected chi connectivity index (χ1v) is 12.1. The number of ether oxygens (including phenoxy) is 1. The first-order chi connectivity index (χ1) is 15.3. The van der Waals surface area contributed by atoms with Crippen LogP contribution < -0.4 is 5.32 Å². The fourth-order valence-electron chi connectivity index (χ4n) is 4.99. The number of rotatable bonds is 6. The predicted molar refractivity (Wildman–Crippen MR) is 135 cm³/mol. The zero-order valence-corrected chi connectivity index (χ0v) is 21.3. The molecule has 0 spiro atoms. The molecule has 2 unspecified atom stereocenters. The van der Waals surface area contributed by atoms with Gasteiger partial charge in [-0.1, -0.05) is 29.3 Å². The summed E-state index contributed by atoms with van der Waals surface area (Å²) in [6, 6.07) is 7.06. The number of benzene rings is 1. The lowest BCUT2D eigenvalue weighted by Crippen LogP contribution is -2.40. The Morgan fingerprint density at radius 2 is 1.88 bits per heavy atom. The predicted octanol–water partition coefficient (Wildman–Crippen LogP) is 5.72. The van der Waals surface area contributed by atoms with Gasteiger partial charge in [0.25, 0.3) is 0 Å². The Morgan fingerprint density at radius 1 is 1.12 bits per heavy atom. The molecule has 178 valence electrons. The molecule has 0 aromatic heterocycles. The summed E-state index contributed by atoms with van der Waals surface area (Å²) < 4.78 is 5.47. The Bertz CT molecular complexity index is 812. The molecule has 1 aliphatic heterocycles. The minimum Gasteiger partial charge on any atom is -0.497 e. The number of nitrogens with one attached hydrogen (secondary N) is 1. The van der Waals surface area contributed by atoms with Crippen molar-refractivity contribution in [2.75, 3.05) is 26.7 Å². The molecule has 1 aromatic carbocycles. The molecule has 1 fully saturated rings. The van der Waals surface area contributed by atoms with Crippen LogP contribution in [0.5, 0.6) is 0 Å². The number of likely N-dealkylation sites (tertiary alicyclic amines) is 1. The van der Waals surface area contributed by atoms with Crippen molar-refractivity contribution in [3.05, 3.63) is 57.9 Å². The SMILES string of the molecule is COC1=CCC(C(C)N2CCC[C@@H](CNC=O)CC2)C(C)=C1C.Cc1ccc(C)c(C)c1. The van der Waals surface area contributed by atoms with Crippen LogP contribution in [0.2, 0.25) is 0 Å². The largest absolute Gasteiger partial charge is 0.497 e. The number of allylic oxidation sites excluding steroid dienone is 2. The van der Waals surface area contributed by atoms with E-state index in [0.717, 1.165) is 31.7 Å². The van der Waals surface area contributed by atoms with E-state index >= 15 is 0 Å². The second-order valence-electron chi connectivity index (χ2n) is 9.61. The number of nitrogens with zero attached hydrogens (tertiary/aromatic N) is 1. The van der Waals surface area contributed by atoms with Crippen LogP contribution in [0.25, 0.3) is 0 Å². The van der Waals surface area contributed by atoms with Crippen LogP contribution in [0.15, 0.2) is 41.2 Å². The van der Waals surface area contributed by atoms with E-state index in [1.165, 1.54) is 53.6 Å². The number of methoxy groups -OCH3 is 1. The van der Waals surface area contributed by atoms with Gasteiger partial charge in [0.15, 0.2) is 0 Å². The molecule has 4 nitrogen and oxygen atoms in total. The number of carbonyl (C=O) groups excluding carboxylic acids is 1. The maximum atomic E-state index is 10.5. The third-order valence-corrected chi connectivity index (χ3v) is 7.49. The van der Waals surface area contributed by atoms with E-state index in [0.29, 0.717) is 17.9 Å². The van der Waals surface area contributed by atoms with Crippen molar-refractivity contribution in [2.24, 2.45) is 11.8 Å². The van der Waals surface area contributed by atoms with Crippen LogP contribution in [0.4, 0.5) is 0 Å². The average molecular weight is 441 g/mol. The maximum Gasteiger partial charge on any atom is 0.207 e. The van der Waals surface area contributed by atoms with Crippen molar-refractivity contribution in [3.63, 3.8) is 0 Å². The van der Waals surface area contributed by atoms with Crippen LogP contribution in [-0.2, 0) is 9.53 Å². The molecule has 0 bridgehead atoms. The van der Waals surface area contributed by atoms with Gasteiger partial charge in [-0.2, -0.15) is 0 Å². The van der Waals surface area contributed by atoms with Gasteiger partial charge in [0, 0.05) is 12.6 Å². The molecule has 2 aliphatic rings. The topological polar surface area (TPSA) is 41.6 Å². The van der Waals surface area contributed by atoms with Crippen LogP contribution in [0.3, 0.4) is 0 Å². The summed E-state index contributed by atoms with van der Waals surface area (Å²) in [5.41, 5.74) is 6.88. The van der Waals surface area contributed by atoms with Gasteiger partial charge in [0.05, 0.1) is 7.11 Å². The third-order valence-electron chi connectivity index (χ3n) is 7.49. The van der Waals surface area contributed by atoms with E-state index in [9.17, 15) is 4.79 Å². The number of carbonyl (C=O) groups is 1. The molecule has 4 heteroatoms. The summed E-state index contributed by atoms with van der Waals surface area (Å²) in [6.45, 7) is 16.3. The zero-order valence-electron chi connectivity index (χ0n) is 21.3. The smallest absolute Gasteiger partial charge is 0.207 e. The summed E-state index contributed by atoms with van der Waals surface area (Å²) in [5.74, 6) is 2.25. The van der Waals surface area contributed by atoms with Crippen molar-refractivity contribution < 1.29 is 9.53 Å². The monoisotopic (exact) mass is 440 g/mol. The van der Waals surface area contributed by atoms with Crippen LogP contribution in [0, 0.1) is 32.6 Å². The van der Waals surface area contributed by atoms with Crippen molar-refractivity contribution in [1.82, 2.24) is 10.2 Å². The zero-order chi connectivity index (χ0) is 23.7. The third kappa shape index (κ3) is 7.23. The Kier molecular flexibility index (Phi) is 10.5. The Balaban J connectivity index is 0.000000336. The second-order valence-corrected chi connectivity index (χ2v) is 9.61. The van der Waals surface area contributed by atoms with Gasteiger partial charge >= 0.3 is 0 Å². The lowest BCUT2D eigenvalue weighted by Gasteiger charge is -2.37. The van der Waals surface area contributed by atoms with Crippen molar-refractivity contribution in [2.45, 2.75) is 73.3 Å². The summed E-state index contributed by atoms with van der Waals surface area (Å²) >= 11 is 0. The Hall–Kier alpha value is -2.07. The molecular weight excluding hydrogens is 396 g/mol. The number of aryl methyl sites for hydroxylation is 3. The standard InChI is InChI=1S/C19H32N2O2.C9H12/c1-14-15(2)19(23-4)8-7-18(14)16(3)21-10-5-6-17(9-11-21)12-20-13-22;1-7-4-5-8(2)9(3)6-7/h8,13,16-18H,5-7,9-12H2,1-4H3,(H,20,22);4-6H,1-3H3/t16?,17-,18?;/m1./s1. The molecular formula is C28H44N2O2. The van der Waals surface area contributed by atoms with E-state index in [-0.39, 0.29) is 0 Å². The van der Waals surface area contributed by atoms with E-state index in [2.05, 4.69) is 76.0 Å². The lowest BCUT2D eigenvalue weighted by molar-refractivity contribution is -0.109. The Morgan fingerprint density at radius 3 is 2.50 bits per heavy atom. The van der Waals surface area contributed by atoms with Crippen molar-refractivity contribution in [3.8, 4) is 0 Å². The van der Waals surface area contributed by atoms with Gasteiger partial charge in [-0.15, -0.1) is 0 Å². The maximum absolute atomic E-state index is 10.5. The van der Waals surface area contributed by atoms with Gasteiger partial charge in [0.1, 0.15) is 5.76 Å². The highest BCUT2D eigenvalue weighted by atomic mass is 16.5. The summed E-state index contributed by atoms with van der Waals surface area (Å²) in [4.78, 5) is 13.1. The molecule has 1 N–H and O–H groups in total. The molecule has 0 radical (unpaired) electrons. The van der Waals surface area contributed by atoms with Gasteiger partial charge in [-0.25, -0.2) is 0 Å². The average Bonchev–Trinajstić information content (AvgIpc) is 3.02. The second kappa shape index (κ2) is 12.8. The highest BCUT2D eigenvalue weighted by Crippen LogP contribution is 2.34. The Labute approximate surface area is 196 Å². The van der Waals surface area contributed by atoms with Crippen LogP contribution in [-0.4, -0.2) is 44.1 Å². The first kappa shape index (κ1) is 26.2. The van der Waals surface area contributed by atoms with E-state index in [1.807, 2.05) is 0 Å². The number of hydrogen-bond acceptors (Lipinski definition) is 3. The van der Waals surface area contributed by atoms with Gasteiger partial charge < -0.3 is 15.0 Å². The van der Waals surface area contributed by atoms with Gasteiger partial charge in [0.2, 0.25) is 6.41 Å². The minimum atomic E-state index is 0.553. The molecule has 1 aromatic rings. The highest BCUT2D eigenvalue weighted by molar-refractivity contribution is 5.45. The molecule has 0 saturated carbocycles. The highest BCUT2D eigenvalue weighted by Gasteiger charge is 2.29. The quantitative estimate of drug-likeness (QED) is 0.575. The van der Waals surface area contributed by atoms with E-state index in [4.69, 9.17) is 4.74 Å². The lowest BCUT2D eigenvalue weighted by atomic mass is 9.82. The summed E-state index contributed by atoms with van der Waals surface area (Å²) in [5, 5.41) is 2.85. The van der Waals surface area contributed by atoms with E-state index in [1.54, 1.807) is 7.11 Å². The molecule has 32 heavy (non-hydrogen) atoms. The number of hydrogen-bond donors (Lipinski definition) is 1. The normalized spacial score (nSPS) is 22.8. The first-order valence-electron chi connectivity index (χ1n) is 12.1. The number of amides is 1. The minimum absolute atomic E-state index is 0.553. The van der Waals surface area contributed by atoms with Crippen molar-refractivity contribution >= 4 is 6.41 Å². The van der Waals surface area contributed by atoms with Crippen molar-refractivity contribution in [1.29, 1.82) is 0 Å². The van der Waals surface area contributed by atoms with Gasteiger partial charge in [-0.05, 0) is 115 Å². The molecule has 3 rings (SSSR count). The van der Waals surface area contributed by atoms with Crippen LogP contribution in [0.1, 0.15) is 63.1 Å². The molecule has 3 atom stereocenters. The molecule has 1 aliphatic carbocycles. The molecule has 1 heterocycles. The molecule has 1 amide bonds. The van der Waals surface area contributed by atoms with Gasteiger partial charge in [-0.3, -0.25) is 4.79 Å². The summed E-state index contributed by atoms with van der Waals surface area (Å²) in [6.07, 6.45) is 7.76. The van der Waals surface area contributed by atoms with Crippen LogP contribution >= 0.6 is 0 Å². The fraction of sp³-hybridized carbons (Fsp3) is 0.607. The fourth-order valence-corrected chi connectivity index (χ4v) is 4.99. The summed E-state index contributed by atoms with van der Waals surface area (Å²) in [7, 11) is 1.76. The molecule has 1 saturated heterocycles.